The highest BCUT2D eigenvalue weighted by molar-refractivity contribution is 7.99. The SMILES string of the molecule is CC(C)c1cccc(C(C)C)c1NC(=O)CSc1nc2ncccn2n1. The summed E-state index contributed by atoms with van der Waals surface area (Å²) < 4.78 is 1.60. The molecule has 2 heterocycles. The van der Waals surface area contributed by atoms with Gasteiger partial charge < -0.3 is 5.32 Å². The monoisotopic (exact) mass is 369 g/mol. The van der Waals surface area contributed by atoms with E-state index in [1.807, 2.05) is 0 Å². The molecule has 0 aliphatic carbocycles. The zero-order valence-electron chi connectivity index (χ0n) is 15.4. The molecular formula is C19H23N5OS. The minimum atomic E-state index is -0.0585. The van der Waals surface area contributed by atoms with E-state index in [4.69, 9.17) is 0 Å². The van der Waals surface area contributed by atoms with Crippen molar-refractivity contribution in [3.63, 3.8) is 0 Å². The fourth-order valence-electron chi connectivity index (χ4n) is 2.78. The minimum Gasteiger partial charge on any atom is -0.325 e. The van der Waals surface area contributed by atoms with E-state index < -0.39 is 0 Å². The highest BCUT2D eigenvalue weighted by atomic mass is 32.2. The van der Waals surface area contributed by atoms with Gasteiger partial charge in [-0.25, -0.2) is 9.50 Å². The van der Waals surface area contributed by atoms with Crippen LogP contribution in [0.1, 0.15) is 50.7 Å². The summed E-state index contributed by atoms with van der Waals surface area (Å²) in [5, 5.41) is 7.96. The first-order valence-corrected chi connectivity index (χ1v) is 9.67. The van der Waals surface area contributed by atoms with Crippen LogP contribution in [0.5, 0.6) is 0 Å². The van der Waals surface area contributed by atoms with Crippen LogP contribution in [0.15, 0.2) is 41.8 Å². The molecule has 136 valence electrons. The summed E-state index contributed by atoms with van der Waals surface area (Å²) in [5.41, 5.74) is 3.25. The lowest BCUT2D eigenvalue weighted by Crippen LogP contribution is -2.17. The molecule has 0 fully saturated rings. The molecule has 7 heteroatoms. The second-order valence-electron chi connectivity index (χ2n) is 6.72. The van der Waals surface area contributed by atoms with Gasteiger partial charge in [0.15, 0.2) is 0 Å². The van der Waals surface area contributed by atoms with Crippen molar-refractivity contribution in [2.45, 2.75) is 44.7 Å². The Balaban J connectivity index is 1.73. The molecule has 0 spiro atoms. The molecule has 0 unspecified atom stereocenters. The molecule has 0 saturated heterocycles. The summed E-state index contributed by atoms with van der Waals surface area (Å²) in [6, 6.07) is 8.01. The van der Waals surface area contributed by atoms with Crippen molar-refractivity contribution >= 4 is 29.1 Å². The summed E-state index contributed by atoms with van der Waals surface area (Å²) in [6.45, 7) is 8.55. The van der Waals surface area contributed by atoms with E-state index in [9.17, 15) is 4.79 Å². The average Bonchev–Trinajstić information content (AvgIpc) is 3.02. The van der Waals surface area contributed by atoms with Gasteiger partial charge in [0.2, 0.25) is 11.1 Å². The van der Waals surface area contributed by atoms with Crippen molar-refractivity contribution in [2.75, 3.05) is 11.1 Å². The zero-order chi connectivity index (χ0) is 18.7. The third-order valence-electron chi connectivity index (χ3n) is 4.07. The molecule has 0 bridgehead atoms. The van der Waals surface area contributed by atoms with Gasteiger partial charge in [-0.2, -0.15) is 4.98 Å². The molecular weight excluding hydrogens is 346 g/mol. The van der Waals surface area contributed by atoms with Crippen LogP contribution in [0.2, 0.25) is 0 Å². The number of nitrogens with zero attached hydrogens (tertiary/aromatic N) is 4. The first kappa shape index (κ1) is 18.4. The van der Waals surface area contributed by atoms with Crippen molar-refractivity contribution < 1.29 is 4.79 Å². The number of thioether (sulfide) groups is 1. The molecule has 1 amide bonds. The lowest BCUT2D eigenvalue weighted by atomic mass is 9.92. The Labute approximate surface area is 157 Å². The van der Waals surface area contributed by atoms with E-state index in [1.165, 1.54) is 11.8 Å². The van der Waals surface area contributed by atoms with Gasteiger partial charge in [0.05, 0.1) is 5.75 Å². The van der Waals surface area contributed by atoms with Crippen LogP contribution in [0, 0.1) is 0 Å². The third kappa shape index (κ3) is 4.04. The minimum absolute atomic E-state index is 0.0585. The molecule has 1 aromatic carbocycles. The van der Waals surface area contributed by atoms with Gasteiger partial charge in [0.1, 0.15) is 0 Å². The summed E-state index contributed by atoms with van der Waals surface area (Å²) in [7, 11) is 0. The first-order valence-electron chi connectivity index (χ1n) is 8.68. The van der Waals surface area contributed by atoms with Gasteiger partial charge in [-0.3, -0.25) is 4.79 Å². The normalized spacial score (nSPS) is 11.5. The number of amides is 1. The van der Waals surface area contributed by atoms with Gasteiger partial charge in [-0.15, -0.1) is 5.10 Å². The van der Waals surface area contributed by atoms with E-state index in [2.05, 4.69) is 66.3 Å². The number of carbonyl (C=O) groups is 1. The van der Waals surface area contributed by atoms with Crippen LogP contribution in [-0.2, 0) is 4.79 Å². The molecule has 0 aliphatic heterocycles. The second-order valence-corrected chi connectivity index (χ2v) is 7.66. The molecule has 6 nitrogen and oxygen atoms in total. The quantitative estimate of drug-likeness (QED) is 0.662. The van der Waals surface area contributed by atoms with Gasteiger partial charge in [0, 0.05) is 18.1 Å². The molecule has 3 rings (SSSR count). The smallest absolute Gasteiger partial charge is 0.253 e. The highest BCUT2D eigenvalue weighted by Gasteiger charge is 2.16. The molecule has 0 aliphatic rings. The molecule has 2 aromatic heterocycles. The standard InChI is InChI=1S/C19H23N5OS/c1-12(2)14-7-5-8-15(13(3)4)17(14)21-16(25)11-26-19-22-18-20-9-6-10-24(18)23-19/h5-10,12-13H,11H2,1-4H3,(H,21,25). The maximum Gasteiger partial charge on any atom is 0.253 e. The van der Waals surface area contributed by atoms with Gasteiger partial charge >= 0.3 is 0 Å². The van der Waals surface area contributed by atoms with Crippen molar-refractivity contribution in [3.8, 4) is 0 Å². The fourth-order valence-corrected chi connectivity index (χ4v) is 3.40. The van der Waals surface area contributed by atoms with Crippen molar-refractivity contribution in [2.24, 2.45) is 0 Å². The Morgan fingerprint density at radius 2 is 1.85 bits per heavy atom. The number of hydrogen-bond donors (Lipinski definition) is 1. The average molecular weight is 369 g/mol. The van der Waals surface area contributed by atoms with Crippen molar-refractivity contribution in [1.82, 2.24) is 19.6 Å². The molecule has 0 saturated carbocycles. The van der Waals surface area contributed by atoms with Crippen LogP contribution in [0.25, 0.3) is 5.78 Å². The van der Waals surface area contributed by atoms with Gasteiger partial charge in [-0.05, 0) is 29.0 Å². The van der Waals surface area contributed by atoms with Crippen LogP contribution in [0.4, 0.5) is 5.69 Å². The number of aromatic nitrogens is 4. The van der Waals surface area contributed by atoms with Crippen LogP contribution in [-0.4, -0.2) is 31.2 Å². The number of anilines is 1. The van der Waals surface area contributed by atoms with Gasteiger partial charge in [-0.1, -0.05) is 57.7 Å². The summed E-state index contributed by atoms with van der Waals surface area (Å²) >= 11 is 1.31. The van der Waals surface area contributed by atoms with E-state index in [1.54, 1.807) is 23.0 Å². The van der Waals surface area contributed by atoms with E-state index >= 15 is 0 Å². The summed E-state index contributed by atoms with van der Waals surface area (Å²) in [6.07, 6.45) is 3.45. The van der Waals surface area contributed by atoms with Crippen LogP contribution in [0.3, 0.4) is 0 Å². The number of hydrogen-bond acceptors (Lipinski definition) is 5. The zero-order valence-corrected chi connectivity index (χ0v) is 16.2. The predicted molar refractivity (Wildman–Crippen MR) is 105 cm³/mol. The first-order chi connectivity index (χ1) is 12.5. The topological polar surface area (TPSA) is 72.2 Å². The highest BCUT2D eigenvalue weighted by Crippen LogP contribution is 2.32. The molecule has 1 N–H and O–H groups in total. The molecule has 0 atom stereocenters. The number of nitrogens with one attached hydrogen (secondary N) is 1. The predicted octanol–water partition coefficient (Wildman–Crippen LogP) is 4.10. The number of para-hydroxylation sites is 1. The number of rotatable bonds is 6. The maximum atomic E-state index is 12.5. The third-order valence-corrected chi connectivity index (χ3v) is 4.90. The Morgan fingerprint density at radius 3 is 2.46 bits per heavy atom. The second kappa shape index (κ2) is 7.86. The van der Waals surface area contributed by atoms with Gasteiger partial charge in [0.25, 0.3) is 5.78 Å². The van der Waals surface area contributed by atoms with E-state index in [-0.39, 0.29) is 11.7 Å². The molecule has 26 heavy (non-hydrogen) atoms. The Morgan fingerprint density at radius 1 is 1.15 bits per heavy atom. The number of carbonyl (C=O) groups excluding carboxylic acids is 1. The Hall–Kier alpha value is -2.41. The summed E-state index contributed by atoms with van der Waals surface area (Å²) in [4.78, 5) is 21.0. The lowest BCUT2D eigenvalue weighted by Gasteiger charge is -2.20. The van der Waals surface area contributed by atoms with Crippen LogP contribution >= 0.6 is 11.8 Å². The van der Waals surface area contributed by atoms with Crippen molar-refractivity contribution in [1.29, 1.82) is 0 Å². The summed E-state index contributed by atoms with van der Waals surface area (Å²) in [5.74, 6) is 1.39. The Kier molecular flexibility index (Phi) is 5.56. The molecule has 3 aromatic rings. The lowest BCUT2D eigenvalue weighted by molar-refractivity contribution is -0.113. The molecule has 0 radical (unpaired) electrons. The fraction of sp³-hybridized carbons (Fsp3) is 0.368. The number of fused-ring (bicyclic) bond motifs is 1. The van der Waals surface area contributed by atoms with E-state index in [0.29, 0.717) is 22.8 Å². The Bertz CT molecular complexity index is 860. The largest absolute Gasteiger partial charge is 0.325 e. The number of benzene rings is 1. The van der Waals surface area contributed by atoms with Crippen molar-refractivity contribution in [3.05, 3.63) is 47.8 Å². The maximum absolute atomic E-state index is 12.5. The van der Waals surface area contributed by atoms with E-state index in [0.717, 1.165) is 16.8 Å². The van der Waals surface area contributed by atoms with Crippen LogP contribution < -0.4 is 5.32 Å².